The van der Waals surface area contributed by atoms with Crippen LogP contribution >= 0.6 is 0 Å². The van der Waals surface area contributed by atoms with Gasteiger partial charge < -0.3 is 32.2 Å². The summed E-state index contributed by atoms with van der Waals surface area (Å²) in [4.78, 5) is 26.1. The standard InChI is InChI=1S/C17H32N6O3/c1-11(24)26-14(25)17(21,12-5-9-23(10-6-12)15(18)19)16(20)7-3-13(22-2)4-8-16/h12-13,22H,3-10,20-21H2,1-2H3,(H3,18,19). The molecule has 2 aliphatic rings. The molecule has 2 fully saturated rings. The summed E-state index contributed by atoms with van der Waals surface area (Å²) < 4.78 is 4.94. The first kappa shape index (κ1) is 20.6. The molecule has 0 aromatic rings. The topological polar surface area (TPSA) is 161 Å². The molecule has 0 spiro atoms. The van der Waals surface area contributed by atoms with E-state index in [9.17, 15) is 9.59 Å². The fraction of sp³-hybridized carbons (Fsp3) is 0.824. The first-order valence-electron chi connectivity index (χ1n) is 9.21. The van der Waals surface area contributed by atoms with Crippen LogP contribution in [0.25, 0.3) is 0 Å². The van der Waals surface area contributed by atoms with Crippen molar-refractivity contribution in [2.75, 3.05) is 20.1 Å². The van der Waals surface area contributed by atoms with Crippen LogP contribution in [0.1, 0.15) is 45.4 Å². The van der Waals surface area contributed by atoms with Crippen molar-refractivity contribution in [2.24, 2.45) is 23.1 Å². The number of nitrogens with two attached hydrogens (primary N) is 3. The summed E-state index contributed by atoms with van der Waals surface area (Å²) in [6, 6.07) is 0.347. The zero-order valence-electron chi connectivity index (χ0n) is 15.7. The highest BCUT2D eigenvalue weighted by Gasteiger charge is 2.58. The van der Waals surface area contributed by atoms with Crippen molar-refractivity contribution in [1.29, 1.82) is 5.41 Å². The number of hydrogen-bond donors (Lipinski definition) is 5. The molecule has 1 heterocycles. The maximum Gasteiger partial charge on any atom is 0.335 e. The van der Waals surface area contributed by atoms with Crippen molar-refractivity contribution in [1.82, 2.24) is 10.2 Å². The number of hydrogen-bond acceptors (Lipinski definition) is 7. The minimum absolute atomic E-state index is 0.00868. The second-order valence-corrected chi connectivity index (χ2v) is 7.62. The van der Waals surface area contributed by atoms with Gasteiger partial charge in [-0.25, -0.2) is 4.79 Å². The van der Waals surface area contributed by atoms with E-state index in [1.165, 1.54) is 6.92 Å². The Bertz CT molecular complexity index is 553. The smallest absolute Gasteiger partial charge is 0.335 e. The molecule has 1 atom stereocenters. The van der Waals surface area contributed by atoms with Gasteiger partial charge >= 0.3 is 11.9 Å². The summed E-state index contributed by atoms with van der Waals surface area (Å²) in [7, 11) is 1.91. The Morgan fingerprint density at radius 3 is 2.19 bits per heavy atom. The Morgan fingerprint density at radius 2 is 1.77 bits per heavy atom. The molecule has 26 heavy (non-hydrogen) atoms. The molecule has 1 saturated heterocycles. The van der Waals surface area contributed by atoms with Crippen molar-refractivity contribution in [2.45, 2.75) is 62.6 Å². The minimum atomic E-state index is -1.44. The third kappa shape index (κ3) is 3.84. The van der Waals surface area contributed by atoms with Crippen molar-refractivity contribution >= 4 is 17.9 Å². The maximum atomic E-state index is 12.9. The van der Waals surface area contributed by atoms with Gasteiger partial charge in [-0.05, 0) is 51.5 Å². The average molecular weight is 368 g/mol. The van der Waals surface area contributed by atoms with E-state index < -0.39 is 23.0 Å². The molecule has 1 aliphatic heterocycles. The van der Waals surface area contributed by atoms with Gasteiger partial charge in [0, 0.05) is 31.6 Å². The molecule has 9 heteroatoms. The third-order valence-electron chi connectivity index (χ3n) is 6.16. The maximum absolute atomic E-state index is 12.9. The molecule has 0 aromatic heterocycles. The number of guanidine groups is 1. The lowest BCUT2D eigenvalue weighted by Crippen LogP contribution is -2.75. The molecule has 9 nitrogen and oxygen atoms in total. The first-order chi connectivity index (χ1) is 12.1. The Kier molecular flexibility index (Phi) is 6.25. The Hall–Kier alpha value is -1.71. The number of esters is 2. The number of carbonyl (C=O) groups excluding carboxylic acids is 2. The SMILES string of the molecule is CNC1CCC(N)(C(N)(C(=O)OC(C)=O)C2CCN(C(=N)N)CC2)CC1. The van der Waals surface area contributed by atoms with Crippen molar-refractivity contribution in [3.05, 3.63) is 0 Å². The van der Waals surface area contributed by atoms with Crippen LogP contribution in [0.2, 0.25) is 0 Å². The first-order valence-corrected chi connectivity index (χ1v) is 9.21. The molecule has 1 saturated carbocycles. The Morgan fingerprint density at radius 1 is 1.23 bits per heavy atom. The van der Waals surface area contributed by atoms with Gasteiger partial charge in [-0.2, -0.15) is 0 Å². The summed E-state index contributed by atoms with van der Waals surface area (Å²) in [5.74, 6) is -1.65. The molecule has 8 N–H and O–H groups in total. The average Bonchev–Trinajstić information content (AvgIpc) is 2.61. The molecule has 1 unspecified atom stereocenters. The number of nitrogens with zero attached hydrogens (tertiary/aromatic N) is 1. The van der Waals surface area contributed by atoms with Gasteiger partial charge in [0.05, 0.1) is 0 Å². The Labute approximate surface area is 154 Å². The fourth-order valence-electron chi connectivity index (χ4n) is 4.40. The summed E-state index contributed by atoms with van der Waals surface area (Å²) in [5.41, 5.74) is 16.6. The molecule has 148 valence electrons. The quantitative estimate of drug-likeness (QED) is 0.187. The van der Waals surface area contributed by atoms with E-state index in [-0.39, 0.29) is 11.9 Å². The zero-order chi connectivity index (χ0) is 19.5. The number of nitrogens with one attached hydrogen (secondary N) is 2. The highest BCUT2D eigenvalue weighted by molar-refractivity contribution is 5.92. The van der Waals surface area contributed by atoms with Crippen LogP contribution in [0, 0.1) is 11.3 Å². The van der Waals surface area contributed by atoms with Crippen LogP contribution in [0.4, 0.5) is 0 Å². The summed E-state index contributed by atoms with van der Waals surface area (Å²) in [5, 5.41) is 10.8. The number of rotatable bonds is 4. The largest absolute Gasteiger partial charge is 0.392 e. The van der Waals surface area contributed by atoms with Gasteiger partial charge in [-0.1, -0.05) is 0 Å². The van der Waals surface area contributed by atoms with Crippen LogP contribution in [0.5, 0.6) is 0 Å². The van der Waals surface area contributed by atoms with Crippen molar-refractivity contribution in [3.63, 3.8) is 0 Å². The normalized spacial score (nSPS) is 29.7. The molecule has 0 bridgehead atoms. The van der Waals surface area contributed by atoms with Gasteiger partial charge in [-0.3, -0.25) is 10.2 Å². The van der Waals surface area contributed by atoms with Crippen LogP contribution in [-0.2, 0) is 14.3 Å². The lowest BCUT2D eigenvalue weighted by atomic mass is 9.60. The van der Waals surface area contributed by atoms with E-state index in [4.69, 9.17) is 27.3 Å². The Balaban J connectivity index is 2.27. The molecule has 0 radical (unpaired) electrons. The monoisotopic (exact) mass is 368 g/mol. The van der Waals surface area contributed by atoms with E-state index in [2.05, 4.69) is 5.32 Å². The predicted octanol–water partition coefficient (Wildman–Crippen LogP) is -0.761. The van der Waals surface area contributed by atoms with E-state index in [1.54, 1.807) is 4.90 Å². The summed E-state index contributed by atoms with van der Waals surface area (Å²) >= 11 is 0. The fourth-order valence-corrected chi connectivity index (χ4v) is 4.40. The number of likely N-dealkylation sites (tertiary alicyclic amines) is 1. The molecular formula is C17H32N6O3. The summed E-state index contributed by atoms with van der Waals surface area (Å²) in [6.07, 6.45) is 3.91. The van der Waals surface area contributed by atoms with Gasteiger partial charge in [-0.15, -0.1) is 0 Å². The summed E-state index contributed by atoms with van der Waals surface area (Å²) in [6.45, 7) is 2.25. The van der Waals surface area contributed by atoms with E-state index in [0.717, 1.165) is 12.8 Å². The van der Waals surface area contributed by atoms with Gasteiger partial charge in [0.25, 0.3) is 0 Å². The lowest BCUT2D eigenvalue weighted by molar-refractivity contribution is -0.167. The third-order valence-corrected chi connectivity index (χ3v) is 6.16. The van der Waals surface area contributed by atoms with Crippen LogP contribution in [0.15, 0.2) is 0 Å². The van der Waals surface area contributed by atoms with Crippen LogP contribution < -0.4 is 22.5 Å². The second kappa shape index (κ2) is 7.89. The molecule has 1 aliphatic carbocycles. The van der Waals surface area contributed by atoms with E-state index >= 15 is 0 Å². The second-order valence-electron chi connectivity index (χ2n) is 7.62. The number of piperidine rings is 1. The number of carbonyl (C=O) groups is 2. The predicted molar refractivity (Wildman–Crippen MR) is 98.1 cm³/mol. The van der Waals surface area contributed by atoms with E-state index in [0.29, 0.717) is 44.8 Å². The lowest BCUT2D eigenvalue weighted by Gasteiger charge is -2.52. The highest BCUT2D eigenvalue weighted by atomic mass is 16.6. The van der Waals surface area contributed by atoms with Gasteiger partial charge in [0.2, 0.25) is 0 Å². The number of ether oxygens (including phenoxy) is 1. The van der Waals surface area contributed by atoms with Gasteiger partial charge in [0.1, 0.15) is 5.54 Å². The molecule has 0 aromatic carbocycles. The van der Waals surface area contributed by atoms with Crippen LogP contribution in [0.3, 0.4) is 0 Å². The highest BCUT2D eigenvalue weighted by Crippen LogP contribution is 2.42. The van der Waals surface area contributed by atoms with Crippen molar-refractivity contribution < 1.29 is 14.3 Å². The molecular weight excluding hydrogens is 336 g/mol. The molecule has 0 amide bonds. The zero-order valence-corrected chi connectivity index (χ0v) is 15.7. The van der Waals surface area contributed by atoms with Crippen LogP contribution in [-0.4, -0.2) is 60.1 Å². The molecule has 2 rings (SSSR count). The minimum Gasteiger partial charge on any atom is -0.392 e. The van der Waals surface area contributed by atoms with Gasteiger partial charge in [0.15, 0.2) is 5.96 Å². The van der Waals surface area contributed by atoms with E-state index in [1.807, 2.05) is 7.05 Å². The van der Waals surface area contributed by atoms with Crippen molar-refractivity contribution in [3.8, 4) is 0 Å².